The number of nitrogens with two attached hydrogens (primary N) is 1. The largest absolute Gasteiger partial charge is 0.370 e. The molecule has 0 unspecified atom stereocenters. The number of aliphatic imine (C=N–C) groups is 1. The molecule has 10 heavy (non-hydrogen) atoms. The zero-order valence-corrected chi connectivity index (χ0v) is 6.89. The van der Waals surface area contributed by atoms with Gasteiger partial charge in [-0.3, -0.25) is 4.99 Å². The molecule has 1 aliphatic rings. The first-order valence-corrected chi connectivity index (χ1v) is 3.52. The molecular formula is C7H15N3. The average molecular weight is 141 g/mol. The fourth-order valence-corrected chi connectivity index (χ4v) is 1.19. The summed E-state index contributed by atoms with van der Waals surface area (Å²) in [6.45, 7) is 6.24. The van der Waals surface area contributed by atoms with Gasteiger partial charge in [-0.15, -0.1) is 0 Å². The second-order valence-corrected chi connectivity index (χ2v) is 3.69. The van der Waals surface area contributed by atoms with Crippen LogP contribution in [-0.4, -0.2) is 31.0 Å². The zero-order valence-electron chi connectivity index (χ0n) is 6.89. The molecule has 0 spiro atoms. The van der Waals surface area contributed by atoms with Crippen molar-refractivity contribution >= 4 is 5.96 Å². The Morgan fingerprint density at radius 1 is 1.60 bits per heavy atom. The molecule has 3 heteroatoms. The first-order valence-electron chi connectivity index (χ1n) is 3.52. The Balaban J connectivity index is 2.69. The van der Waals surface area contributed by atoms with Crippen LogP contribution in [0.4, 0.5) is 0 Å². The highest BCUT2D eigenvalue weighted by atomic mass is 15.3. The van der Waals surface area contributed by atoms with E-state index in [4.69, 9.17) is 5.73 Å². The van der Waals surface area contributed by atoms with E-state index in [9.17, 15) is 0 Å². The van der Waals surface area contributed by atoms with Crippen molar-refractivity contribution in [3.63, 3.8) is 0 Å². The number of hydrogen-bond donors (Lipinski definition) is 1. The van der Waals surface area contributed by atoms with Gasteiger partial charge >= 0.3 is 0 Å². The lowest BCUT2D eigenvalue weighted by Gasteiger charge is -2.34. The van der Waals surface area contributed by atoms with E-state index in [2.05, 4.69) is 18.8 Å². The Kier molecular flexibility index (Phi) is 1.58. The standard InChI is InChI=1S/C7H15N3/c1-7(2)4-9-6(8)10(3)5-7/h4-5H2,1-3H3,(H2,8,9). The van der Waals surface area contributed by atoms with Crippen molar-refractivity contribution in [2.75, 3.05) is 20.1 Å². The molecule has 3 nitrogen and oxygen atoms in total. The number of guanidine groups is 1. The lowest BCUT2D eigenvalue weighted by atomic mass is 9.92. The summed E-state index contributed by atoms with van der Waals surface area (Å²) in [6, 6.07) is 0. The summed E-state index contributed by atoms with van der Waals surface area (Å²) < 4.78 is 0. The fourth-order valence-electron chi connectivity index (χ4n) is 1.19. The third-order valence-electron chi connectivity index (χ3n) is 1.73. The van der Waals surface area contributed by atoms with Crippen LogP contribution in [0, 0.1) is 5.41 Å². The summed E-state index contributed by atoms with van der Waals surface area (Å²) in [4.78, 5) is 6.17. The highest BCUT2D eigenvalue weighted by Gasteiger charge is 2.24. The molecule has 0 aromatic rings. The quantitative estimate of drug-likeness (QED) is 0.526. The normalized spacial score (nSPS) is 24.3. The average Bonchev–Trinajstić information content (AvgIpc) is 1.79. The lowest BCUT2D eigenvalue weighted by Crippen LogP contribution is -2.45. The molecule has 0 saturated carbocycles. The maximum absolute atomic E-state index is 5.58. The van der Waals surface area contributed by atoms with Gasteiger partial charge in [0.1, 0.15) is 0 Å². The van der Waals surface area contributed by atoms with Gasteiger partial charge in [-0.1, -0.05) is 13.8 Å². The lowest BCUT2D eigenvalue weighted by molar-refractivity contribution is 0.264. The predicted octanol–water partition coefficient (Wildman–Crippen LogP) is 0.273. The molecule has 0 aromatic heterocycles. The molecule has 58 valence electrons. The molecule has 0 radical (unpaired) electrons. The Morgan fingerprint density at radius 2 is 2.20 bits per heavy atom. The van der Waals surface area contributed by atoms with E-state index in [0.717, 1.165) is 13.1 Å². The van der Waals surface area contributed by atoms with E-state index in [-0.39, 0.29) is 5.41 Å². The van der Waals surface area contributed by atoms with Gasteiger partial charge in [0.15, 0.2) is 5.96 Å². The topological polar surface area (TPSA) is 41.6 Å². The highest BCUT2D eigenvalue weighted by Crippen LogP contribution is 2.19. The molecule has 0 saturated heterocycles. The molecule has 1 rings (SSSR count). The summed E-state index contributed by atoms with van der Waals surface area (Å²) in [6.07, 6.45) is 0. The smallest absolute Gasteiger partial charge is 0.191 e. The summed E-state index contributed by atoms with van der Waals surface area (Å²) in [5.74, 6) is 0.666. The molecular weight excluding hydrogens is 126 g/mol. The minimum absolute atomic E-state index is 0.289. The van der Waals surface area contributed by atoms with Gasteiger partial charge in [0, 0.05) is 25.6 Å². The number of hydrogen-bond acceptors (Lipinski definition) is 3. The maximum atomic E-state index is 5.58. The van der Waals surface area contributed by atoms with Gasteiger partial charge in [-0.05, 0) is 0 Å². The Morgan fingerprint density at radius 3 is 2.60 bits per heavy atom. The van der Waals surface area contributed by atoms with E-state index >= 15 is 0 Å². The molecule has 1 heterocycles. The first kappa shape index (κ1) is 7.38. The maximum Gasteiger partial charge on any atom is 0.191 e. The van der Waals surface area contributed by atoms with E-state index in [1.165, 1.54) is 0 Å². The van der Waals surface area contributed by atoms with Crippen LogP contribution in [0.25, 0.3) is 0 Å². The zero-order chi connectivity index (χ0) is 7.78. The van der Waals surface area contributed by atoms with E-state index in [1.54, 1.807) is 0 Å². The molecule has 0 atom stereocenters. The van der Waals surface area contributed by atoms with Crippen LogP contribution < -0.4 is 5.73 Å². The first-order chi connectivity index (χ1) is 4.51. The fraction of sp³-hybridized carbons (Fsp3) is 0.857. The van der Waals surface area contributed by atoms with E-state index in [1.807, 2.05) is 11.9 Å². The van der Waals surface area contributed by atoms with Crippen molar-refractivity contribution in [1.82, 2.24) is 4.90 Å². The van der Waals surface area contributed by atoms with Crippen LogP contribution in [0.2, 0.25) is 0 Å². The van der Waals surface area contributed by atoms with Crippen molar-refractivity contribution in [1.29, 1.82) is 0 Å². The van der Waals surface area contributed by atoms with Crippen molar-refractivity contribution in [3.8, 4) is 0 Å². The van der Waals surface area contributed by atoms with Gasteiger partial charge in [-0.25, -0.2) is 0 Å². The number of rotatable bonds is 0. The van der Waals surface area contributed by atoms with Gasteiger partial charge in [-0.2, -0.15) is 0 Å². The van der Waals surface area contributed by atoms with Crippen molar-refractivity contribution in [3.05, 3.63) is 0 Å². The summed E-state index contributed by atoms with van der Waals surface area (Å²) in [7, 11) is 1.97. The summed E-state index contributed by atoms with van der Waals surface area (Å²) in [5.41, 5.74) is 5.86. The Hall–Kier alpha value is -0.730. The minimum atomic E-state index is 0.289. The van der Waals surface area contributed by atoms with Crippen LogP contribution in [0.1, 0.15) is 13.8 Å². The van der Waals surface area contributed by atoms with Crippen LogP contribution >= 0.6 is 0 Å². The van der Waals surface area contributed by atoms with Crippen LogP contribution in [-0.2, 0) is 0 Å². The SMILES string of the molecule is CN1CC(C)(C)CN=C1N. The summed E-state index contributed by atoms with van der Waals surface area (Å²) >= 11 is 0. The van der Waals surface area contributed by atoms with Crippen molar-refractivity contribution in [2.24, 2.45) is 16.1 Å². The van der Waals surface area contributed by atoms with E-state index < -0.39 is 0 Å². The molecule has 0 amide bonds. The minimum Gasteiger partial charge on any atom is -0.370 e. The second kappa shape index (κ2) is 2.15. The number of nitrogens with zero attached hydrogens (tertiary/aromatic N) is 2. The molecule has 0 aromatic carbocycles. The van der Waals surface area contributed by atoms with Crippen molar-refractivity contribution < 1.29 is 0 Å². The summed E-state index contributed by atoms with van der Waals surface area (Å²) in [5, 5.41) is 0. The molecule has 0 fully saturated rings. The third kappa shape index (κ3) is 1.40. The van der Waals surface area contributed by atoms with Gasteiger partial charge in [0.05, 0.1) is 0 Å². The molecule has 0 aliphatic carbocycles. The highest BCUT2D eigenvalue weighted by molar-refractivity contribution is 5.78. The van der Waals surface area contributed by atoms with Gasteiger partial charge in [0.25, 0.3) is 0 Å². The second-order valence-electron chi connectivity index (χ2n) is 3.69. The molecule has 0 bridgehead atoms. The molecule has 1 aliphatic heterocycles. The molecule has 2 N–H and O–H groups in total. The Labute approximate surface area is 61.9 Å². The van der Waals surface area contributed by atoms with Crippen LogP contribution in [0.15, 0.2) is 4.99 Å². The van der Waals surface area contributed by atoms with Crippen molar-refractivity contribution in [2.45, 2.75) is 13.8 Å². The van der Waals surface area contributed by atoms with Gasteiger partial charge < -0.3 is 10.6 Å². The monoisotopic (exact) mass is 141 g/mol. The predicted molar refractivity (Wildman–Crippen MR) is 42.9 cm³/mol. The van der Waals surface area contributed by atoms with Crippen LogP contribution in [0.5, 0.6) is 0 Å². The third-order valence-corrected chi connectivity index (χ3v) is 1.73. The van der Waals surface area contributed by atoms with E-state index in [0.29, 0.717) is 5.96 Å². The van der Waals surface area contributed by atoms with Crippen LogP contribution in [0.3, 0.4) is 0 Å². The van der Waals surface area contributed by atoms with Gasteiger partial charge in [0.2, 0.25) is 0 Å². The Bertz CT molecular complexity index is 160.